The molecule has 0 amide bonds. The molecule has 0 bridgehead atoms. The van der Waals surface area contributed by atoms with Crippen molar-refractivity contribution in [3.63, 3.8) is 0 Å². The summed E-state index contributed by atoms with van der Waals surface area (Å²) in [6.07, 6.45) is 2.29. The summed E-state index contributed by atoms with van der Waals surface area (Å²) in [5.74, 6) is 1.53. The Morgan fingerprint density at radius 2 is 2.21 bits per heavy atom. The van der Waals surface area contributed by atoms with E-state index in [0.29, 0.717) is 12.0 Å². The Labute approximate surface area is 118 Å². The van der Waals surface area contributed by atoms with Crippen LogP contribution in [0, 0.1) is 0 Å². The standard InChI is InChI=1S/C16H19NOS/c1-17-15(9-8-12-5-4-10-19-12)14-11-18-16-7-3-2-6-13(14)16/h2-7,10,14-15,17H,8-9,11H2,1H3. The van der Waals surface area contributed by atoms with Gasteiger partial charge in [0, 0.05) is 22.4 Å². The van der Waals surface area contributed by atoms with Crippen LogP contribution in [0.25, 0.3) is 0 Å². The molecule has 1 N–H and O–H groups in total. The molecule has 0 aliphatic carbocycles. The van der Waals surface area contributed by atoms with Crippen LogP contribution in [0.1, 0.15) is 22.8 Å². The lowest BCUT2D eigenvalue weighted by molar-refractivity contribution is 0.297. The number of likely N-dealkylation sites (N-methyl/N-ethyl adjacent to an activating group) is 1. The van der Waals surface area contributed by atoms with Crippen LogP contribution in [0.3, 0.4) is 0 Å². The van der Waals surface area contributed by atoms with E-state index in [-0.39, 0.29) is 0 Å². The van der Waals surface area contributed by atoms with Crippen LogP contribution < -0.4 is 10.1 Å². The summed E-state index contributed by atoms with van der Waals surface area (Å²) in [6.45, 7) is 0.801. The molecule has 0 fully saturated rings. The van der Waals surface area contributed by atoms with Gasteiger partial charge in [-0.25, -0.2) is 0 Å². The average molecular weight is 273 g/mol. The number of fused-ring (bicyclic) bond motifs is 1. The van der Waals surface area contributed by atoms with E-state index in [9.17, 15) is 0 Å². The summed E-state index contributed by atoms with van der Waals surface area (Å²) in [5, 5.41) is 5.62. The minimum Gasteiger partial charge on any atom is -0.493 e. The fourth-order valence-corrected chi connectivity index (χ4v) is 3.54. The molecule has 0 saturated carbocycles. The number of aryl methyl sites for hydroxylation is 1. The number of rotatable bonds is 5. The van der Waals surface area contributed by atoms with E-state index in [0.717, 1.165) is 25.2 Å². The molecule has 19 heavy (non-hydrogen) atoms. The number of benzene rings is 1. The van der Waals surface area contributed by atoms with Gasteiger partial charge in [-0.15, -0.1) is 11.3 Å². The van der Waals surface area contributed by atoms with Gasteiger partial charge in [-0.05, 0) is 37.4 Å². The van der Waals surface area contributed by atoms with Gasteiger partial charge in [-0.1, -0.05) is 24.3 Å². The molecule has 2 heterocycles. The molecule has 0 saturated heterocycles. The molecule has 2 atom stereocenters. The molecule has 3 rings (SSSR count). The second-order valence-corrected chi connectivity index (χ2v) is 6.00. The highest BCUT2D eigenvalue weighted by molar-refractivity contribution is 7.09. The maximum Gasteiger partial charge on any atom is 0.122 e. The molecule has 0 spiro atoms. The van der Waals surface area contributed by atoms with E-state index >= 15 is 0 Å². The van der Waals surface area contributed by atoms with Crippen LogP contribution in [0.4, 0.5) is 0 Å². The third kappa shape index (κ3) is 2.67. The van der Waals surface area contributed by atoms with Gasteiger partial charge in [0.25, 0.3) is 0 Å². The molecule has 0 radical (unpaired) electrons. The van der Waals surface area contributed by atoms with Crippen LogP contribution in [0.2, 0.25) is 0 Å². The quantitative estimate of drug-likeness (QED) is 0.901. The number of nitrogens with one attached hydrogen (secondary N) is 1. The molecule has 1 aromatic carbocycles. The van der Waals surface area contributed by atoms with Crippen LogP contribution in [0.15, 0.2) is 41.8 Å². The minimum absolute atomic E-state index is 0.473. The Balaban J connectivity index is 1.69. The van der Waals surface area contributed by atoms with Gasteiger partial charge in [0.15, 0.2) is 0 Å². The van der Waals surface area contributed by atoms with Crippen molar-refractivity contribution in [1.82, 2.24) is 5.32 Å². The zero-order valence-corrected chi connectivity index (χ0v) is 12.0. The van der Waals surface area contributed by atoms with Crippen molar-refractivity contribution in [1.29, 1.82) is 0 Å². The molecule has 2 nitrogen and oxygen atoms in total. The van der Waals surface area contributed by atoms with Crippen molar-refractivity contribution < 1.29 is 4.74 Å². The number of ether oxygens (including phenoxy) is 1. The first-order chi connectivity index (χ1) is 9.38. The number of hydrogen-bond acceptors (Lipinski definition) is 3. The highest BCUT2D eigenvalue weighted by atomic mass is 32.1. The summed E-state index contributed by atoms with van der Waals surface area (Å²) in [5.41, 5.74) is 1.35. The first-order valence-electron chi connectivity index (χ1n) is 6.80. The topological polar surface area (TPSA) is 21.3 Å². The number of para-hydroxylation sites is 1. The summed E-state index contributed by atoms with van der Waals surface area (Å²) in [7, 11) is 2.06. The summed E-state index contributed by atoms with van der Waals surface area (Å²) in [4.78, 5) is 1.47. The van der Waals surface area contributed by atoms with Gasteiger partial charge >= 0.3 is 0 Å². The van der Waals surface area contributed by atoms with Crippen molar-refractivity contribution in [3.8, 4) is 5.75 Å². The van der Waals surface area contributed by atoms with Crippen molar-refractivity contribution in [2.75, 3.05) is 13.7 Å². The average Bonchev–Trinajstić information content (AvgIpc) is 3.09. The lowest BCUT2D eigenvalue weighted by Gasteiger charge is -2.22. The second kappa shape index (κ2) is 5.76. The van der Waals surface area contributed by atoms with Gasteiger partial charge < -0.3 is 10.1 Å². The Kier molecular flexibility index (Phi) is 3.85. The smallest absolute Gasteiger partial charge is 0.122 e. The lowest BCUT2D eigenvalue weighted by Crippen LogP contribution is -2.33. The van der Waals surface area contributed by atoms with Crippen molar-refractivity contribution >= 4 is 11.3 Å². The van der Waals surface area contributed by atoms with Gasteiger partial charge in [-0.2, -0.15) is 0 Å². The first kappa shape index (κ1) is 12.7. The third-order valence-electron chi connectivity index (χ3n) is 3.88. The molecule has 2 unspecified atom stereocenters. The van der Waals surface area contributed by atoms with E-state index in [2.05, 4.69) is 48.1 Å². The Morgan fingerprint density at radius 1 is 1.32 bits per heavy atom. The minimum atomic E-state index is 0.473. The van der Waals surface area contributed by atoms with Gasteiger partial charge in [-0.3, -0.25) is 0 Å². The highest BCUT2D eigenvalue weighted by Gasteiger charge is 2.29. The van der Waals surface area contributed by atoms with Crippen molar-refractivity contribution in [2.24, 2.45) is 0 Å². The molecular weight excluding hydrogens is 254 g/mol. The maximum absolute atomic E-state index is 5.79. The summed E-state index contributed by atoms with van der Waals surface area (Å²) < 4.78 is 5.79. The normalized spacial score (nSPS) is 18.9. The van der Waals surface area contributed by atoms with Crippen LogP contribution >= 0.6 is 11.3 Å². The second-order valence-electron chi connectivity index (χ2n) is 4.97. The lowest BCUT2D eigenvalue weighted by atomic mass is 9.90. The molecule has 3 heteroatoms. The predicted octanol–water partition coefficient (Wildman–Crippen LogP) is 3.44. The maximum atomic E-state index is 5.79. The monoisotopic (exact) mass is 273 g/mol. The van der Waals surface area contributed by atoms with Crippen LogP contribution in [0.5, 0.6) is 5.75 Å². The van der Waals surface area contributed by atoms with Gasteiger partial charge in [0.05, 0.1) is 6.61 Å². The van der Waals surface area contributed by atoms with Crippen molar-refractivity contribution in [3.05, 3.63) is 52.2 Å². The zero-order valence-electron chi connectivity index (χ0n) is 11.1. The van der Waals surface area contributed by atoms with E-state index in [1.807, 2.05) is 17.4 Å². The predicted molar refractivity (Wildman–Crippen MR) is 80.2 cm³/mol. The highest BCUT2D eigenvalue weighted by Crippen LogP contribution is 2.36. The van der Waals surface area contributed by atoms with E-state index in [1.165, 1.54) is 10.4 Å². The molecule has 1 aromatic heterocycles. The van der Waals surface area contributed by atoms with E-state index in [1.54, 1.807) is 0 Å². The molecule has 100 valence electrons. The summed E-state index contributed by atoms with van der Waals surface area (Å²) >= 11 is 1.84. The number of thiophene rings is 1. The van der Waals surface area contributed by atoms with Crippen molar-refractivity contribution in [2.45, 2.75) is 24.8 Å². The first-order valence-corrected chi connectivity index (χ1v) is 7.68. The molecular formula is C16H19NOS. The van der Waals surface area contributed by atoms with E-state index in [4.69, 9.17) is 4.74 Å². The number of hydrogen-bond donors (Lipinski definition) is 1. The molecule has 2 aromatic rings. The Morgan fingerprint density at radius 3 is 3.00 bits per heavy atom. The van der Waals surface area contributed by atoms with Gasteiger partial charge in [0.2, 0.25) is 0 Å². The van der Waals surface area contributed by atoms with Gasteiger partial charge in [0.1, 0.15) is 5.75 Å². The Hall–Kier alpha value is -1.32. The van der Waals surface area contributed by atoms with Crippen LogP contribution in [-0.4, -0.2) is 19.7 Å². The summed E-state index contributed by atoms with van der Waals surface area (Å²) in [6, 6.07) is 13.2. The fraction of sp³-hybridized carbons (Fsp3) is 0.375. The SMILES string of the molecule is CNC(CCc1cccs1)C1COc2ccccc21. The molecule has 1 aliphatic heterocycles. The Bertz CT molecular complexity index is 523. The molecule has 1 aliphatic rings. The van der Waals surface area contributed by atoms with E-state index < -0.39 is 0 Å². The fourth-order valence-electron chi connectivity index (χ4n) is 2.82. The third-order valence-corrected chi connectivity index (χ3v) is 4.81. The van der Waals surface area contributed by atoms with Crippen LogP contribution in [-0.2, 0) is 6.42 Å². The zero-order chi connectivity index (χ0) is 13.1. The largest absolute Gasteiger partial charge is 0.493 e.